The molecule has 1 atom stereocenters. The third-order valence-electron chi connectivity index (χ3n) is 5.39. The van der Waals surface area contributed by atoms with E-state index >= 15 is 0 Å². The molecule has 1 fully saturated rings. The fourth-order valence-electron chi connectivity index (χ4n) is 4.10. The zero-order valence-corrected chi connectivity index (χ0v) is 15.6. The van der Waals surface area contributed by atoms with E-state index < -0.39 is 0 Å². The quantitative estimate of drug-likeness (QED) is 0.670. The van der Waals surface area contributed by atoms with E-state index in [0.717, 1.165) is 25.9 Å². The standard InChI is InChI=1S/C23H29NO2/c1-26-23(25)22(21-15-9-4-10-16-21)24(17-19-11-5-2-6-12-19)18-20-13-7-3-8-14-20/h2-3,5-8,11-14,21-22H,4,9-10,15-18H2,1H3/t22-/m0/s1. The molecule has 1 saturated carbocycles. The Labute approximate surface area is 157 Å². The van der Waals surface area contributed by atoms with Crippen LogP contribution in [0.2, 0.25) is 0 Å². The summed E-state index contributed by atoms with van der Waals surface area (Å²) in [4.78, 5) is 15.1. The highest BCUT2D eigenvalue weighted by Crippen LogP contribution is 2.31. The van der Waals surface area contributed by atoms with Crippen molar-refractivity contribution in [2.75, 3.05) is 7.11 Å². The van der Waals surface area contributed by atoms with E-state index in [1.807, 2.05) is 12.1 Å². The molecular weight excluding hydrogens is 322 g/mol. The third kappa shape index (κ3) is 4.95. The van der Waals surface area contributed by atoms with Gasteiger partial charge in [0.25, 0.3) is 0 Å². The normalized spacial score (nSPS) is 16.4. The molecule has 0 unspecified atom stereocenters. The van der Waals surface area contributed by atoms with E-state index in [2.05, 4.69) is 53.4 Å². The molecule has 0 amide bonds. The minimum Gasteiger partial charge on any atom is -0.468 e. The molecule has 0 aliphatic heterocycles. The van der Waals surface area contributed by atoms with Crippen LogP contribution in [0.5, 0.6) is 0 Å². The predicted molar refractivity (Wildman–Crippen MR) is 105 cm³/mol. The summed E-state index contributed by atoms with van der Waals surface area (Å²) in [5, 5.41) is 0. The van der Waals surface area contributed by atoms with Crippen LogP contribution in [0.15, 0.2) is 60.7 Å². The van der Waals surface area contributed by atoms with Gasteiger partial charge in [0.2, 0.25) is 0 Å². The maximum Gasteiger partial charge on any atom is 0.323 e. The van der Waals surface area contributed by atoms with Crippen LogP contribution in [-0.4, -0.2) is 24.0 Å². The number of hydrogen-bond acceptors (Lipinski definition) is 3. The molecule has 3 nitrogen and oxygen atoms in total. The zero-order chi connectivity index (χ0) is 18.2. The molecule has 0 radical (unpaired) electrons. The Morgan fingerprint density at radius 3 is 1.88 bits per heavy atom. The molecule has 3 rings (SSSR count). The van der Waals surface area contributed by atoms with Gasteiger partial charge in [-0.1, -0.05) is 79.9 Å². The maximum absolute atomic E-state index is 12.8. The summed E-state index contributed by atoms with van der Waals surface area (Å²) in [6, 6.07) is 20.6. The number of ether oxygens (including phenoxy) is 1. The second kappa shape index (κ2) is 9.54. The van der Waals surface area contributed by atoms with Crippen molar-refractivity contribution in [2.24, 2.45) is 5.92 Å². The second-order valence-corrected chi connectivity index (χ2v) is 7.24. The molecule has 2 aromatic rings. The van der Waals surface area contributed by atoms with Crippen LogP contribution in [-0.2, 0) is 22.6 Å². The Morgan fingerprint density at radius 1 is 0.923 bits per heavy atom. The van der Waals surface area contributed by atoms with Crippen LogP contribution in [0.4, 0.5) is 0 Å². The lowest BCUT2D eigenvalue weighted by Gasteiger charge is -2.37. The van der Waals surface area contributed by atoms with Crippen molar-refractivity contribution in [1.29, 1.82) is 0 Å². The molecule has 1 aliphatic rings. The van der Waals surface area contributed by atoms with E-state index in [0.29, 0.717) is 5.92 Å². The molecular formula is C23H29NO2. The van der Waals surface area contributed by atoms with Crippen molar-refractivity contribution in [3.63, 3.8) is 0 Å². The molecule has 0 aromatic heterocycles. The number of carbonyl (C=O) groups is 1. The van der Waals surface area contributed by atoms with Gasteiger partial charge >= 0.3 is 5.97 Å². The highest BCUT2D eigenvalue weighted by Gasteiger charge is 2.35. The fourth-order valence-corrected chi connectivity index (χ4v) is 4.10. The Balaban J connectivity index is 1.88. The number of hydrogen-bond donors (Lipinski definition) is 0. The SMILES string of the molecule is COC(=O)[C@H](C1CCCCC1)N(Cc1ccccc1)Cc1ccccc1. The summed E-state index contributed by atoms with van der Waals surface area (Å²) in [5.41, 5.74) is 2.46. The zero-order valence-electron chi connectivity index (χ0n) is 15.6. The van der Waals surface area contributed by atoms with Gasteiger partial charge in [0.15, 0.2) is 0 Å². The predicted octanol–water partition coefficient (Wildman–Crippen LogP) is 4.81. The van der Waals surface area contributed by atoms with Crippen molar-refractivity contribution in [3.05, 3.63) is 71.8 Å². The van der Waals surface area contributed by atoms with Gasteiger partial charge in [0, 0.05) is 13.1 Å². The van der Waals surface area contributed by atoms with E-state index in [4.69, 9.17) is 4.74 Å². The fraction of sp³-hybridized carbons (Fsp3) is 0.435. The molecule has 0 N–H and O–H groups in total. The molecule has 2 aromatic carbocycles. The minimum absolute atomic E-state index is 0.0937. The topological polar surface area (TPSA) is 29.5 Å². The Bertz CT molecular complexity index is 624. The number of methoxy groups -OCH3 is 1. The Hall–Kier alpha value is -2.13. The highest BCUT2D eigenvalue weighted by atomic mass is 16.5. The Kier molecular flexibility index (Phi) is 6.84. The minimum atomic E-state index is -0.180. The first-order valence-corrected chi connectivity index (χ1v) is 9.67. The first kappa shape index (κ1) is 18.7. The van der Waals surface area contributed by atoms with Crippen molar-refractivity contribution >= 4 is 5.97 Å². The first-order valence-electron chi connectivity index (χ1n) is 9.67. The van der Waals surface area contributed by atoms with Crippen molar-refractivity contribution < 1.29 is 9.53 Å². The van der Waals surface area contributed by atoms with Gasteiger partial charge in [0.1, 0.15) is 6.04 Å². The number of esters is 1. The lowest BCUT2D eigenvalue weighted by atomic mass is 9.83. The third-order valence-corrected chi connectivity index (χ3v) is 5.39. The molecule has 0 spiro atoms. The number of nitrogens with zero attached hydrogens (tertiary/aromatic N) is 1. The van der Waals surface area contributed by atoms with E-state index in [9.17, 15) is 4.79 Å². The lowest BCUT2D eigenvalue weighted by molar-refractivity contribution is -0.150. The van der Waals surface area contributed by atoms with Crippen LogP contribution >= 0.6 is 0 Å². The first-order chi connectivity index (χ1) is 12.8. The molecule has 26 heavy (non-hydrogen) atoms. The average molecular weight is 351 g/mol. The van der Waals surface area contributed by atoms with Gasteiger partial charge < -0.3 is 4.74 Å². The van der Waals surface area contributed by atoms with Crippen LogP contribution in [0.25, 0.3) is 0 Å². The summed E-state index contributed by atoms with van der Waals surface area (Å²) in [6.07, 6.45) is 5.92. The maximum atomic E-state index is 12.8. The van der Waals surface area contributed by atoms with Gasteiger partial charge in [-0.05, 0) is 29.9 Å². The molecule has 3 heteroatoms. The second-order valence-electron chi connectivity index (χ2n) is 7.24. The molecule has 138 valence electrons. The monoisotopic (exact) mass is 351 g/mol. The molecule has 0 bridgehead atoms. The van der Waals surface area contributed by atoms with Crippen LogP contribution in [0.1, 0.15) is 43.2 Å². The molecule has 0 saturated heterocycles. The summed E-state index contributed by atoms with van der Waals surface area (Å²) < 4.78 is 5.24. The van der Waals surface area contributed by atoms with Gasteiger partial charge in [-0.2, -0.15) is 0 Å². The number of rotatable bonds is 7. The smallest absolute Gasteiger partial charge is 0.323 e. The van der Waals surface area contributed by atoms with Crippen molar-refractivity contribution in [1.82, 2.24) is 4.90 Å². The van der Waals surface area contributed by atoms with Crippen molar-refractivity contribution in [2.45, 2.75) is 51.2 Å². The van der Waals surface area contributed by atoms with Crippen molar-refractivity contribution in [3.8, 4) is 0 Å². The van der Waals surface area contributed by atoms with Gasteiger partial charge in [0.05, 0.1) is 7.11 Å². The van der Waals surface area contributed by atoms with Gasteiger partial charge in [-0.15, -0.1) is 0 Å². The van der Waals surface area contributed by atoms with E-state index in [-0.39, 0.29) is 12.0 Å². The summed E-state index contributed by atoms with van der Waals surface area (Å²) in [5.74, 6) is 0.285. The summed E-state index contributed by atoms with van der Waals surface area (Å²) in [7, 11) is 1.52. The van der Waals surface area contributed by atoms with E-state index in [1.165, 1.54) is 37.5 Å². The Morgan fingerprint density at radius 2 is 1.42 bits per heavy atom. The lowest BCUT2D eigenvalue weighted by Crippen LogP contribution is -2.46. The van der Waals surface area contributed by atoms with Gasteiger partial charge in [-0.3, -0.25) is 9.69 Å². The number of carbonyl (C=O) groups excluding carboxylic acids is 1. The highest BCUT2D eigenvalue weighted by molar-refractivity contribution is 5.76. The average Bonchev–Trinajstić information content (AvgIpc) is 2.70. The van der Waals surface area contributed by atoms with Gasteiger partial charge in [-0.25, -0.2) is 0 Å². The molecule has 1 aliphatic carbocycles. The largest absolute Gasteiger partial charge is 0.468 e. The summed E-state index contributed by atoms with van der Waals surface area (Å²) in [6.45, 7) is 1.51. The number of benzene rings is 2. The van der Waals surface area contributed by atoms with E-state index in [1.54, 1.807) is 0 Å². The van der Waals surface area contributed by atoms with Crippen LogP contribution in [0.3, 0.4) is 0 Å². The molecule has 0 heterocycles. The van der Waals surface area contributed by atoms with Crippen LogP contribution in [0, 0.1) is 5.92 Å². The summed E-state index contributed by atoms with van der Waals surface area (Å²) >= 11 is 0. The van der Waals surface area contributed by atoms with Crippen LogP contribution < -0.4 is 0 Å².